The molecule has 0 aromatic heterocycles. The summed E-state index contributed by atoms with van der Waals surface area (Å²) < 4.78 is 0. The van der Waals surface area contributed by atoms with Gasteiger partial charge in [-0.1, -0.05) is 13.3 Å². The Morgan fingerprint density at radius 1 is 1.47 bits per heavy atom. The standard InChI is InChI=1S/C13H26N2O2/c1-3-14-10(2)7-13(17)15-9-11-5-4-6-12(16)8-11/h10-12,14,16H,3-9H2,1-2H3,(H,15,17). The Morgan fingerprint density at radius 3 is 2.88 bits per heavy atom. The predicted molar refractivity (Wildman–Crippen MR) is 68.7 cm³/mol. The largest absolute Gasteiger partial charge is 0.393 e. The first-order valence-electron chi connectivity index (χ1n) is 6.80. The van der Waals surface area contributed by atoms with Crippen LogP contribution in [0, 0.1) is 5.92 Å². The van der Waals surface area contributed by atoms with Gasteiger partial charge in [-0.2, -0.15) is 0 Å². The Hall–Kier alpha value is -0.610. The van der Waals surface area contributed by atoms with Crippen LogP contribution in [0.2, 0.25) is 0 Å². The molecule has 4 nitrogen and oxygen atoms in total. The third kappa shape index (κ3) is 6.03. The Kier molecular flexibility index (Phi) is 6.52. The molecule has 1 aliphatic carbocycles. The van der Waals surface area contributed by atoms with Crippen molar-refractivity contribution in [3.63, 3.8) is 0 Å². The molecule has 0 bridgehead atoms. The van der Waals surface area contributed by atoms with Crippen LogP contribution >= 0.6 is 0 Å². The lowest BCUT2D eigenvalue weighted by molar-refractivity contribution is -0.121. The zero-order valence-electron chi connectivity index (χ0n) is 11.0. The van der Waals surface area contributed by atoms with Crippen LogP contribution in [0.15, 0.2) is 0 Å². The molecule has 1 aliphatic rings. The van der Waals surface area contributed by atoms with Crippen molar-refractivity contribution in [1.82, 2.24) is 10.6 Å². The zero-order valence-corrected chi connectivity index (χ0v) is 11.0. The molecule has 0 spiro atoms. The van der Waals surface area contributed by atoms with Gasteiger partial charge in [0, 0.05) is 19.0 Å². The SMILES string of the molecule is CCNC(C)CC(=O)NCC1CCCC(O)C1. The van der Waals surface area contributed by atoms with Crippen LogP contribution in [0.3, 0.4) is 0 Å². The van der Waals surface area contributed by atoms with Crippen LogP contribution in [-0.2, 0) is 4.79 Å². The van der Waals surface area contributed by atoms with E-state index >= 15 is 0 Å². The maximum absolute atomic E-state index is 11.6. The van der Waals surface area contributed by atoms with Crippen LogP contribution in [0.1, 0.15) is 46.0 Å². The van der Waals surface area contributed by atoms with Crippen LogP contribution in [-0.4, -0.2) is 36.2 Å². The van der Waals surface area contributed by atoms with Crippen LogP contribution < -0.4 is 10.6 Å². The van der Waals surface area contributed by atoms with Gasteiger partial charge in [0.25, 0.3) is 0 Å². The molecule has 3 unspecified atom stereocenters. The lowest BCUT2D eigenvalue weighted by atomic mass is 9.87. The fraction of sp³-hybridized carbons (Fsp3) is 0.923. The third-order valence-corrected chi connectivity index (χ3v) is 3.39. The van der Waals surface area contributed by atoms with Crippen molar-refractivity contribution < 1.29 is 9.90 Å². The van der Waals surface area contributed by atoms with Gasteiger partial charge in [0.1, 0.15) is 0 Å². The van der Waals surface area contributed by atoms with E-state index in [0.29, 0.717) is 12.3 Å². The maximum atomic E-state index is 11.6. The summed E-state index contributed by atoms with van der Waals surface area (Å²) in [7, 11) is 0. The van der Waals surface area contributed by atoms with Gasteiger partial charge in [0.05, 0.1) is 6.10 Å². The van der Waals surface area contributed by atoms with E-state index in [0.717, 1.165) is 38.8 Å². The van der Waals surface area contributed by atoms with E-state index in [9.17, 15) is 9.90 Å². The number of carbonyl (C=O) groups excluding carboxylic acids is 1. The van der Waals surface area contributed by atoms with Gasteiger partial charge in [-0.05, 0) is 38.6 Å². The van der Waals surface area contributed by atoms with Crippen molar-refractivity contribution >= 4 is 5.91 Å². The van der Waals surface area contributed by atoms with Gasteiger partial charge in [-0.25, -0.2) is 0 Å². The summed E-state index contributed by atoms with van der Waals surface area (Å²) in [4.78, 5) is 11.6. The van der Waals surface area contributed by atoms with E-state index in [-0.39, 0.29) is 18.1 Å². The fourth-order valence-corrected chi connectivity index (χ4v) is 2.48. The minimum atomic E-state index is -0.161. The summed E-state index contributed by atoms with van der Waals surface area (Å²) in [6, 6.07) is 0.233. The van der Waals surface area contributed by atoms with Crippen LogP contribution in [0.25, 0.3) is 0 Å². The minimum Gasteiger partial charge on any atom is -0.393 e. The topological polar surface area (TPSA) is 61.4 Å². The molecule has 4 heteroatoms. The van der Waals surface area contributed by atoms with Gasteiger partial charge >= 0.3 is 0 Å². The first-order valence-corrected chi connectivity index (χ1v) is 6.80. The highest BCUT2D eigenvalue weighted by atomic mass is 16.3. The second-order valence-corrected chi connectivity index (χ2v) is 5.15. The predicted octanol–water partition coefficient (Wildman–Crippen LogP) is 1.04. The number of nitrogens with one attached hydrogen (secondary N) is 2. The van der Waals surface area contributed by atoms with Crippen LogP contribution in [0.5, 0.6) is 0 Å². The number of amides is 1. The summed E-state index contributed by atoms with van der Waals surface area (Å²) in [5.74, 6) is 0.565. The van der Waals surface area contributed by atoms with Crippen molar-refractivity contribution in [2.24, 2.45) is 5.92 Å². The molecule has 0 heterocycles. The molecule has 0 aliphatic heterocycles. The number of aliphatic hydroxyl groups is 1. The smallest absolute Gasteiger partial charge is 0.221 e. The zero-order chi connectivity index (χ0) is 12.7. The molecule has 0 aromatic rings. The van der Waals surface area contributed by atoms with E-state index in [2.05, 4.69) is 10.6 Å². The highest BCUT2D eigenvalue weighted by Crippen LogP contribution is 2.23. The molecule has 1 fully saturated rings. The van der Waals surface area contributed by atoms with E-state index in [1.807, 2.05) is 13.8 Å². The van der Waals surface area contributed by atoms with Crippen molar-refractivity contribution in [2.45, 2.75) is 58.1 Å². The number of hydrogen-bond acceptors (Lipinski definition) is 3. The monoisotopic (exact) mass is 242 g/mol. The van der Waals surface area contributed by atoms with Crippen molar-refractivity contribution in [1.29, 1.82) is 0 Å². The summed E-state index contributed by atoms with van der Waals surface area (Å²) in [5.41, 5.74) is 0. The van der Waals surface area contributed by atoms with Gasteiger partial charge in [-0.15, -0.1) is 0 Å². The lowest BCUT2D eigenvalue weighted by Crippen LogP contribution is -2.37. The third-order valence-electron chi connectivity index (χ3n) is 3.39. The Labute approximate surface area is 104 Å². The number of rotatable bonds is 6. The highest BCUT2D eigenvalue weighted by Gasteiger charge is 2.20. The summed E-state index contributed by atoms with van der Waals surface area (Å²) >= 11 is 0. The number of hydrogen-bond donors (Lipinski definition) is 3. The van der Waals surface area contributed by atoms with E-state index in [1.165, 1.54) is 0 Å². The molecule has 100 valence electrons. The van der Waals surface area contributed by atoms with Crippen molar-refractivity contribution in [3.8, 4) is 0 Å². The molecule has 3 atom stereocenters. The fourth-order valence-electron chi connectivity index (χ4n) is 2.48. The summed E-state index contributed by atoms with van der Waals surface area (Å²) in [5, 5.41) is 15.7. The van der Waals surface area contributed by atoms with Gasteiger partial charge < -0.3 is 15.7 Å². The summed E-state index contributed by atoms with van der Waals surface area (Å²) in [6.07, 6.45) is 4.33. The second kappa shape index (κ2) is 7.67. The summed E-state index contributed by atoms with van der Waals surface area (Å²) in [6.45, 7) is 5.67. The number of aliphatic hydroxyl groups excluding tert-OH is 1. The van der Waals surface area contributed by atoms with E-state index < -0.39 is 0 Å². The minimum absolute atomic E-state index is 0.110. The first kappa shape index (κ1) is 14.5. The molecule has 1 amide bonds. The molecular weight excluding hydrogens is 216 g/mol. The van der Waals surface area contributed by atoms with Gasteiger partial charge in [0.2, 0.25) is 5.91 Å². The molecule has 1 rings (SSSR count). The molecule has 17 heavy (non-hydrogen) atoms. The molecule has 0 aromatic carbocycles. The molecule has 0 saturated heterocycles. The Balaban J connectivity index is 2.14. The average molecular weight is 242 g/mol. The van der Waals surface area contributed by atoms with Crippen molar-refractivity contribution in [3.05, 3.63) is 0 Å². The van der Waals surface area contributed by atoms with Gasteiger partial charge in [-0.3, -0.25) is 4.79 Å². The Bertz CT molecular complexity index is 233. The maximum Gasteiger partial charge on any atom is 0.221 e. The van der Waals surface area contributed by atoms with Crippen LogP contribution in [0.4, 0.5) is 0 Å². The first-order chi connectivity index (χ1) is 8.11. The normalized spacial score (nSPS) is 26.5. The molecule has 0 radical (unpaired) electrons. The van der Waals surface area contributed by atoms with E-state index in [4.69, 9.17) is 0 Å². The molecule has 1 saturated carbocycles. The second-order valence-electron chi connectivity index (χ2n) is 5.15. The Morgan fingerprint density at radius 2 is 2.24 bits per heavy atom. The average Bonchev–Trinajstić information content (AvgIpc) is 2.27. The lowest BCUT2D eigenvalue weighted by Gasteiger charge is -2.26. The molecular formula is C13H26N2O2. The number of carbonyl (C=O) groups is 1. The van der Waals surface area contributed by atoms with Gasteiger partial charge in [0.15, 0.2) is 0 Å². The van der Waals surface area contributed by atoms with Crippen molar-refractivity contribution in [2.75, 3.05) is 13.1 Å². The van der Waals surface area contributed by atoms with E-state index in [1.54, 1.807) is 0 Å². The quantitative estimate of drug-likeness (QED) is 0.652. The highest BCUT2D eigenvalue weighted by molar-refractivity contribution is 5.76. The molecule has 3 N–H and O–H groups in total.